The first-order valence-corrected chi connectivity index (χ1v) is 6.49. The number of nitrogens with zero attached hydrogens (tertiary/aromatic N) is 1. The Hall–Kier alpha value is -1.04. The maximum Gasteiger partial charge on any atom is 0.336 e. The van der Waals surface area contributed by atoms with Gasteiger partial charge >= 0.3 is 5.97 Å². The third-order valence-electron chi connectivity index (χ3n) is 2.74. The number of hydrogen-bond acceptors (Lipinski definition) is 5. The summed E-state index contributed by atoms with van der Waals surface area (Å²) in [6.45, 7) is 0. The predicted octanol–water partition coefficient (Wildman–Crippen LogP) is 0.737. The van der Waals surface area contributed by atoms with Crippen LogP contribution < -0.4 is 0 Å². The molecule has 2 heterocycles. The average Bonchev–Trinajstić information content (AvgIpc) is 2.62. The minimum atomic E-state index is -0.441. The van der Waals surface area contributed by atoms with Crippen LogP contribution in [0.3, 0.4) is 0 Å². The second kappa shape index (κ2) is 4.86. The number of hydroxylamine groups is 2. The molecule has 5 nitrogen and oxygen atoms in total. The fraction of sp³-hybridized carbons (Fsp3) is 0.700. The van der Waals surface area contributed by atoms with Gasteiger partial charge in [0.25, 0.3) is 11.8 Å². The Morgan fingerprint density at radius 1 is 1.19 bits per heavy atom. The van der Waals surface area contributed by atoms with E-state index in [0.717, 1.165) is 24.3 Å². The molecule has 0 unspecified atom stereocenters. The van der Waals surface area contributed by atoms with Crippen LogP contribution in [0.15, 0.2) is 0 Å². The number of carbonyl (C=O) groups excluding carboxylic acids is 3. The van der Waals surface area contributed by atoms with Crippen LogP contribution in [0.5, 0.6) is 0 Å². The van der Waals surface area contributed by atoms with Gasteiger partial charge < -0.3 is 4.84 Å². The minimum Gasteiger partial charge on any atom is -0.330 e. The highest BCUT2D eigenvalue weighted by Gasteiger charge is 2.35. The van der Waals surface area contributed by atoms with Gasteiger partial charge in [0.05, 0.1) is 5.92 Å². The Morgan fingerprint density at radius 3 is 2.31 bits per heavy atom. The van der Waals surface area contributed by atoms with Gasteiger partial charge in [-0.25, -0.2) is 4.79 Å². The van der Waals surface area contributed by atoms with E-state index in [1.165, 1.54) is 0 Å². The van der Waals surface area contributed by atoms with Crippen molar-refractivity contribution in [1.82, 2.24) is 5.06 Å². The molecule has 0 N–H and O–H groups in total. The molecule has 0 aromatic heterocycles. The topological polar surface area (TPSA) is 63.7 Å². The molecular weight excluding hydrogens is 230 g/mol. The zero-order valence-electron chi connectivity index (χ0n) is 8.81. The van der Waals surface area contributed by atoms with E-state index in [1.807, 2.05) is 0 Å². The van der Waals surface area contributed by atoms with Crippen molar-refractivity contribution in [2.75, 3.05) is 11.5 Å². The Kier molecular flexibility index (Phi) is 3.48. The summed E-state index contributed by atoms with van der Waals surface area (Å²) >= 11 is 1.80. The lowest BCUT2D eigenvalue weighted by Gasteiger charge is -2.21. The van der Waals surface area contributed by atoms with Gasteiger partial charge in [0.15, 0.2) is 0 Å². The van der Waals surface area contributed by atoms with Crippen molar-refractivity contribution in [3.63, 3.8) is 0 Å². The van der Waals surface area contributed by atoms with Crippen molar-refractivity contribution >= 4 is 29.5 Å². The fourth-order valence-corrected chi connectivity index (χ4v) is 2.86. The van der Waals surface area contributed by atoms with Crippen molar-refractivity contribution in [3.8, 4) is 0 Å². The van der Waals surface area contributed by atoms with E-state index < -0.39 is 17.8 Å². The van der Waals surface area contributed by atoms with E-state index in [2.05, 4.69) is 0 Å². The number of thioether (sulfide) groups is 1. The van der Waals surface area contributed by atoms with Crippen molar-refractivity contribution < 1.29 is 19.2 Å². The Labute approximate surface area is 97.4 Å². The summed E-state index contributed by atoms with van der Waals surface area (Å²) in [5, 5.41) is 0.629. The zero-order chi connectivity index (χ0) is 11.5. The Morgan fingerprint density at radius 2 is 1.75 bits per heavy atom. The first-order valence-electron chi connectivity index (χ1n) is 5.34. The number of imide groups is 1. The molecule has 0 aliphatic carbocycles. The lowest BCUT2D eigenvalue weighted by atomic mass is 10.0. The van der Waals surface area contributed by atoms with E-state index in [-0.39, 0.29) is 18.8 Å². The molecule has 0 radical (unpaired) electrons. The lowest BCUT2D eigenvalue weighted by molar-refractivity contribution is -0.200. The number of rotatable bonds is 2. The summed E-state index contributed by atoms with van der Waals surface area (Å²) < 4.78 is 0. The third kappa shape index (κ3) is 2.37. The Balaban J connectivity index is 1.90. The maximum atomic E-state index is 11.7. The molecule has 0 bridgehead atoms. The van der Waals surface area contributed by atoms with Gasteiger partial charge in [0, 0.05) is 12.8 Å². The van der Waals surface area contributed by atoms with Crippen LogP contribution in [-0.2, 0) is 19.2 Å². The quantitative estimate of drug-likeness (QED) is 0.669. The summed E-state index contributed by atoms with van der Waals surface area (Å²) in [7, 11) is 0. The van der Waals surface area contributed by atoms with Crippen LogP contribution in [-0.4, -0.2) is 34.4 Å². The number of carbonyl (C=O) groups is 3. The van der Waals surface area contributed by atoms with Gasteiger partial charge in [0.2, 0.25) is 0 Å². The minimum absolute atomic E-state index is 0.145. The highest BCUT2D eigenvalue weighted by atomic mass is 32.2. The first-order chi connectivity index (χ1) is 7.68. The summed E-state index contributed by atoms with van der Waals surface area (Å²) in [6.07, 6.45) is 1.82. The summed E-state index contributed by atoms with van der Waals surface area (Å²) in [5.74, 6) is 0.432. The lowest BCUT2D eigenvalue weighted by Crippen LogP contribution is -2.35. The molecule has 0 atom stereocenters. The average molecular weight is 243 g/mol. The molecule has 2 aliphatic heterocycles. The maximum absolute atomic E-state index is 11.7. The molecule has 0 saturated carbocycles. The highest BCUT2D eigenvalue weighted by molar-refractivity contribution is 7.99. The summed E-state index contributed by atoms with van der Waals surface area (Å²) in [4.78, 5) is 39.0. The summed E-state index contributed by atoms with van der Waals surface area (Å²) in [5.41, 5.74) is 0. The molecule has 6 heteroatoms. The molecule has 88 valence electrons. The number of amides is 2. The molecule has 2 saturated heterocycles. The van der Waals surface area contributed by atoms with Crippen molar-refractivity contribution in [2.24, 2.45) is 5.92 Å². The summed E-state index contributed by atoms with van der Waals surface area (Å²) in [6, 6.07) is 0. The molecule has 0 aromatic rings. The second-order valence-corrected chi connectivity index (χ2v) is 5.10. The second-order valence-electron chi connectivity index (χ2n) is 3.88. The smallest absolute Gasteiger partial charge is 0.330 e. The van der Waals surface area contributed by atoms with Crippen LogP contribution in [0.2, 0.25) is 0 Å². The van der Waals surface area contributed by atoms with E-state index in [0.29, 0.717) is 5.06 Å². The van der Waals surface area contributed by atoms with Crippen molar-refractivity contribution in [1.29, 1.82) is 0 Å². The van der Waals surface area contributed by atoms with Gasteiger partial charge in [-0.2, -0.15) is 11.8 Å². The van der Waals surface area contributed by atoms with Gasteiger partial charge in [-0.15, -0.1) is 5.06 Å². The SMILES string of the molecule is O=C(ON1C(=O)CCC1=O)C1CCSCC1. The molecule has 2 aliphatic rings. The molecule has 2 amide bonds. The normalized spacial score (nSPS) is 22.6. The number of hydrogen-bond donors (Lipinski definition) is 0. The van der Waals surface area contributed by atoms with Crippen LogP contribution >= 0.6 is 11.8 Å². The van der Waals surface area contributed by atoms with Crippen LogP contribution in [0, 0.1) is 5.92 Å². The van der Waals surface area contributed by atoms with E-state index >= 15 is 0 Å². The first kappa shape index (κ1) is 11.4. The zero-order valence-corrected chi connectivity index (χ0v) is 9.62. The van der Waals surface area contributed by atoms with Gasteiger partial charge in [-0.3, -0.25) is 9.59 Å². The van der Waals surface area contributed by atoms with Gasteiger partial charge in [-0.05, 0) is 24.3 Å². The molecular formula is C10H13NO4S. The molecule has 2 fully saturated rings. The monoisotopic (exact) mass is 243 g/mol. The van der Waals surface area contributed by atoms with E-state index in [1.54, 1.807) is 11.8 Å². The van der Waals surface area contributed by atoms with Gasteiger partial charge in [0.1, 0.15) is 0 Å². The van der Waals surface area contributed by atoms with E-state index in [9.17, 15) is 14.4 Å². The van der Waals surface area contributed by atoms with Crippen LogP contribution in [0.4, 0.5) is 0 Å². The standard InChI is InChI=1S/C10H13NO4S/c12-8-1-2-9(13)11(8)15-10(14)7-3-5-16-6-4-7/h7H,1-6H2. The molecule has 16 heavy (non-hydrogen) atoms. The van der Waals surface area contributed by atoms with E-state index in [4.69, 9.17) is 4.84 Å². The molecule has 0 spiro atoms. The fourth-order valence-electron chi connectivity index (χ4n) is 1.76. The highest BCUT2D eigenvalue weighted by Crippen LogP contribution is 2.24. The van der Waals surface area contributed by atoms with Crippen molar-refractivity contribution in [2.45, 2.75) is 25.7 Å². The van der Waals surface area contributed by atoms with Crippen LogP contribution in [0.1, 0.15) is 25.7 Å². The van der Waals surface area contributed by atoms with Gasteiger partial charge in [-0.1, -0.05) is 0 Å². The van der Waals surface area contributed by atoms with Crippen LogP contribution in [0.25, 0.3) is 0 Å². The molecule has 2 rings (SSSR count). The molecule has 0 aromatic carbocycles. The van der Waals surface area contributed by atoms with Crippen molar-refractivity contribution in [3.05, 3.63) is 0 Å². The Bertz CT molecular complexity index is 309. The largest absolute Gasteiger partial charge is 0.336 e. The predicted molar refractivity (Wildman–Crippen MR) is 57.2 cm³/mol. The third-order valence-corrected chi connectivity index (χ3v) is 3.79.